The number of nitrogens with zero attached hydrogens (tertiary/aromatic N) is 4. The molecule has 1 fully saturated rings. The summed E-state index contributed by atoms with van der Waals surface area (Å²) in [5.41, 5.74) is 6.47. The fraction of sp³-hybridized carbons (Fsp3) is 0.370. The van der Waals surface area contributed by atoms with E-state index in [-0.39, 0.29) is 11.8 Å². The number of benzene rings is 2. The summed E-state index contributed by atoms with van der Waals surface area (Å²) in [7, 11) is 0. The molecule has 2 aromatic carbocycles. The van der Waals surface area contributed by atoms with Gasteiger partial charge in [-0.05, 0) is 42.7 Å². The first kappa shape index (κ1) is 23.4. The lowest BCUT2D eigenvalue weighted by molar-refractivity contribution is 0.0709. The van der Waals surface area contributed by atoms with Gasteiger partial charge in [0.2, 0.25) is 0 Å². The Labute approximate surface area is 210 Å². The van der Waals surface area contributed by atoms with Crippen LogP contribution in [0.25, 0.3) is 0 Å². The van der Waals surface area contributed by atoms with Crippen molar-refractivity contribution in [3.63, 3.8) is 0 Å². The van der Waals surface area contributed by atoms with Crippen LogP contribution in [0.15, 0.2) is 48.5 Å². The molecule has 0 bridgehead atoms. The number of nitrogens with one attached hydrogen (secondary N) is 1. The minimum Gasteiger partial charge on any atom is -0.368 e. The molecule has 0 radical (unpaired) electrons. The topological polar surface area (TPSA) is 72.5 Å². The minimum absolute atomic E-state index is 0.0282. The third-order valence-corrected chi connectivity index (χ3v) is 7.22. The number of hydrogen-bond donors (Lipinski definition) is 1. The van der Waals surface area contributed by atoms with Gasteiger partial charge in [0, 0.05) is 67.5 Å². The van der Waals surface area contributed by atoms with Crippen LogP contribution in [0.2, 0.25) is 0 Å². The van der Waals surface area contributed by atoms with E-state index in [2.05, 4.69) is 40.2 Å². The van der Waals surface area contributed by atoms with Crippen LogP contribution < -0.4 is 4.90 Å². The van der Waals surface area contributed by atoms with E-state index in [1.54, 1.807) is 4.90 Å². The lowest BCUT2D eigenvalue weighted by Gasteiger charge is -2.36. The molecule has 0 saturated carbocycles. The maximum atomic E-state index is 13.4. The molecule has 0 atom stereocenters. The van der Waals surface area contributed by atoms with E-state index in [9.17, 15) is 9.59 Å². The van der Waals surface area contributed by atoms with Crippen molar-refractivity contribution in [2.24, 2.45) is 0 Å². The molecule has 1 N–H and O–H groups in total. The fourth-order valence-electron chi connectivity index (χ4n) is 4.97. The van der Waals surface area contributed by atoms with Gasteiger partial charge in [0.15, 0.2) is 5.69 Å². The molecule has 3 aromatic rings. The van der Waals surface area contributed by atoms with Crippen molar-refractivity contribution >= 4 is 29.1 Å². The van der Waals surface area contributed by atoms with E-state index in [1.165, 1.54) is 11.3 Å². The highest BCUT2D eigenvalue weighted by molar-refractivity contribution is 6.18. The predicted molar refractivity (Wildman–Crippen MR) is 137 cm³/mol. The van der Waals surface area contributed by atoms with Crippen LogP contribution >= 0.6 is 11.6 Å². The van der Waals surface area contributed by atoms with Crippen molar-refractivity contribution in [1.82, 2.24) is 20.0 Å². The Morgan fingerprint density at radius 1 is 0.943 bits per heavy atom. The molecule has 0 unspecified atom stereocenters. The Kier molecular flexibility index (Phi) is 6.77. The number of carbonyl (C=O) groups is 2. The van der Waals surface area contributed by atoms with E-state index in [1.807, 2.05) is 35.2 Å². The van der Waals surface area contributed by atoms with E-state index in [0.29, 0.717) is 49.7 Å². The molecule has 5 rings (SSSR count). The van der Waals surface area contributed by atoms with Crippen molar-refractivity contribution < 1.29 is 9.59 Å². The van der Waals surface area contributed by atoms with E-state index in [0.717, 1.165) is 36.3 Å². The number of fused-ring (bicyclic) bond motifs is 1. The largest absolute Gasteiger partial charge is 0.368 e. The zero-order chi connectivity index (χ0) is 24.4. The van der Waals surface area contributed by atoms with Crippen molar-refractivity contribution in [3.05, 3.63) is 82.2 Å². The first-order valence-corrected chi connectivity index (χ1v) is 12.7. The monoisotopic (exact) mass is 491 g/mol. The summed E-state index contributed by atoms with van der Waals surface area (Å²) in [6.45, 7) is 5.96. The second-order valence-corrected chi connectivity index (χ2v) is 9.59. The highest BCUT2D eigenvalue weighted by atomic mass is 35.5. The van der Waals surface area contributed by atoms with Crippen molar-refractivity contribution in [1.29, 1.82) is 0 Å². The molecule has 2 aliphatic rings. The third kappa shape index (κ3) is 4.78. The van der Waals surface area contributed by atoms with Crippen LogP contribution in [-0.2, 0) is 19.4 Å². The Morgan fingerprint density at radius 2 is 1.69 bits per heavy atom. The number of hydrogen-bond acceptors (Lipinski definition) is 4. The van der Waals surface area contributed by atoms with Crippen LogP contribution in [0.4, 0.5) is 5.69 Å². The lowest BCUT2D eigenvalue weighted by Crippen LogP contribution is -2.49. The summed E-state index contributed by atoms with van der Waals surface area (Å²) in [6, 6.07) is 16.0. The van der Waals surface area contributed by atoms with Gasteiger partial charge in [0.05, 0.1) is 6.54 Å². The highest BCUT2D eigenvalue weighted by Crippen LogP contribution is 2.25. The summed E-state index contributed by atoms with van der Waals surface area (Å²) >= 11 is 5.82. The molecule has 1 aromatic heterocycles. The lowest BCUT2D eigenvalue weighted by atomic mass is 10.0. The van der Waals surface area contributed by atoms with Gasteiger partial charge >= 0.3 is 0 Å². The maximum absolute atomic E-state index is 13.4. The van der Waals surface area contributed by atoms with Crippen molar-refractivity contribution in [3.8, 4) is 0 Å². The number of carbonyl (C=O) groups excluding carboxylic acids is 2. The number of piperazine rings is 1. The molecule has 8 heteroatoms. The summed E-state index contributed by atoms with van der Waals surface area (Å²) in [4.78, 5) is 32.6. The van der Waals surface area contributed by atoms with Gasteiger partial charge in [-0.15, -0.1) is 11.6 Å². The molecule has 1 saturated heterocycles. The van der Waals surface area contributed by atoms with E-state index in [4.69, 9.17) is 11.6 Å². The number of alkyl halides is 1. The average Bonchev–Trinajstić information content (AvgIpc) is 3.32. The smallest absolute Gasteiger partial charge is 0.274 e. The number of aryl methyl sites for hydroxylation is 2. The van der Waals surface area contributed by atoms with Gasteiger partial charge in [-0.2, -0.15) is 5.10 Å². The van der Waals surface area contributed by atoms with E-state index < -0.39 is 0 Å². The fourth-order valence-corrected chi connectivity index (χ4v) is 5.19. The number of amides is 2. The van der Waals surface area contributed by atoms with Gasteiger partial charge in [-0.3, -0.25) is 14.7 Å². The Bertz CT molecular complexity index is 1210. The maximum Gasteiger partial charge on any atom is 0.274 e. The first-order chi connectivity index (χ1) is 17.0. The second-order valence-electron chi connectivity index (χ2n) is 9.21. The Balaban J connectivity index is 1.26. The normalized spacial score (nSPS) is 15.8. The van der Waals surface area contributed by atoms with Crippen LogP contribution in [-0.4, -0.2) is 70.4 Å². The average molecular weight is 492 g/mol. The number of aromatic nitrogens is 2. The van der Waals surface area contributed by atoms with Crippen LogP contribution in [0.3, 0.4) is 0 Å². The van der Waals surface area contributed by atoms with Gasteiger partial charge < -0.3 is 14.7 Å². The van der Waals surface area contributed by atoms with Gasteiger partial charge in [0.1, 0.15) is 0 Å². The molecular weight excluding hydrogens is 462 g/mol. The molecule has 0 aliphatic carbocycles. The minimum atomic E-state index is -0.0633. The number of H-pyrrole nitrogens is 1. The zero-order valence-electron chi connectivity index (χ0n) is 20.0. The summed E-state index contributed by atoms with van der Waals surface area (Å²) < 4.78 is 0. The predicted octanol–water partition coefficient (Wildman–Crippen LogP) is 3.66. The molecule has 3 heterocycles. The molecule has 2 aliphatic heterocycles. The summed E-state index contributed by atoms with van der Waals surface area (Å²) in [6.07, 6.45) is 1.44. The molecular formula is C27H30ClN5O2. The number of anilines is 1. The summed E-state index contributed by atoms with van der Waals surface area (Å²) in [5.74, 6) is 0.464. The number of rotatable bonds is 5. The Morgan fingerprint density at radius 3 is 2.40 bits per heavy atom. The SMILES string of the molecule is Cc1ccccc1N1CCN(C(=O)c2n[nH]c3c2CN(C(=O)c2ccc(CCCl)cc2)CC3)CC1. The van der Waals surface area contributed by atoms with Gasteiger partial charge in [-0.1, -0.05) is 30.3 Å². The first-order valence-electron chi connectivity index (χ1n) is 12.2. The molecule has 7 nitrogen and oxygen atoms in total. The highest BCUT2D eigenvalue weighted by Gasteiger charge is 2.31. The van der Waals surface area contributed by atoms with Crippen molar-refractivity contribution in [2.75, 3.05) is 43.5 Å². The third-order valence-electron chi connectivity index (χ3n) is 7.03. The molecule has 35 heavy (non-hydrogen) atoms. The molecule has 182 valence electrons. The molecule has 2 amide bonds. The Hall–Kier alpha value is -3.32. The van der Waals surface area contributed by atoms with Crippen LogP contribution in [0.5, 0.6) is 0 Å². The van der Waals surface area contributed by atoms with E-state index >= 15 is 0 Å². The van der Waals surface area contributed by atoms with Crippen molar-refractivity contribution in [2.45, 2.75) is 26.3 Å². The zero-order valence-corrected chi connectivity index (χ0v) is 20.7. The standard InChI is InChI=1S/C27H30ClN5O2/c1-19-4-2-3-5-24(19)31-14-16-32(17-15-31)27(35)25-22-18-33(13-11-23(22)29-30-25)26(34)21-8-6-20(7-9-21)10-12-28/h2-9H,10-18H2,1H3,(H,29,30). The second kappa shape index (κ2) is 10.1. The summed E-state index contributed by atoms with van der Waals surface area (Å²) in [5, 5.41) is 7.43. The molecule has 0 spiro atoms. The number of halogens is 1. The van der Waals surface area contributed by atoms with Gasteiger partial charge in [-0.25, -0.2) is 0 Å². The van der Waals surface area contributed by atoms with Crippen LogP contribution in [0.1, 0.15) is 43.2 Å². The number of para-hydroxylation sites is 1. The van der Waals surface area contributed by atoms with Crippen LogP contribution in [0, 0.1) is 6.92 Å². The quantitative estimate of drug-likeness (QED) is 0.553. The van der Waals surface area contributed by atoms with Gasteiger partial charge in [0.25, 0.3) is 11.8 Å². The number of aromatic amines is 1.